The van der Waals surface area contributed by atoms with Crippen LogP contribution in [0.15, 0.2) is 23.2 Å². The van der Waals surface area contributed by atoms with E-state index in [0.717, 1.165) is 62.3 Å². The van der Waals surface area contributed by atoms with E-state index in [1.165, 1.54) is 12.8 Å². The molecule has 0 radical (unpaired) electrons. The predicted molar refractivity (Wildman–Crippen MR) is 121 cm³/mol. The van der Waals surface area contributed by atoms with E-state index in [4.69, 9.17) is 14.2 Å². The van der Waals surface area contributed by atoms with Crippen LogP contribution in [-0.4, -0.2) is 70.0 Å². The number of rotatable bonds is 8. The normalized spacial score (nSPS) is 18.7. The van der Waals surface area contributed by atoms with Crippen LogP contribution < -0.4 is 20.1 Å². The van der Waals surface area contributed by atoms with E-state index in [2.05, 4.69) is 46.5 Å². The van der Waals surface area contributed by atoms with Gasteiger partial charge in [-0.3, -0.25) is 9.89 Å². The maximum atomic E-state index is 5.81. The van der Waals surface area contributed by atoms with Crippen molar-refractivity contribution >= 4 is 5.96 Å². The molecule has 30 heavy (non-hydrogen) atoms. The molecule has 7 heteroatoms. The van der Waals surface area contributed by atoms with Gasteiger partial charge in [0.2, 0.25) is 0 Å². The van der Waals surface area contributed by atoms with Crippen LogP contribution in [0.2, 0.25) is 0 Å². The lowest BCUT2D eigenvalue weighted by molar-refractivity contribution is 0.00272. The van der Waals surface area contributed by atoms with Gasteiger partial charge in [0.15, 0.2) is 17.5 Å². The lowest BCUT2D eigenvalue weighted by Crippen LogP contribution is -2.53. The SMILES string of the molecule is CCC(CC)C(CNC(=NC)NCc1ccc2c(c1)OCCCO2)N1CCOCC1. The lowest BCUT2D eigenvalue weighted by atomic mass is 9.92. The Morgan fingerprint density at radius 2 is 1.77 bits per heavy atom. The minimum atomic E-state index is 0.487. The van der Waals surface area contributed by atoms with Crippen molar-refractivity contribution in [3.05, 3.63) is 23.8 Å². The minimum absolute atomic E-state index is 0.487. The van der Waals surface area contributed by atoms with Gasteiger partial charge < -0.3 is 24.8 Å². The van der Waals surface area contributed by atoms with E-state index in [0.29, 0.717) is 31.7 Å². The Labute approximate surface area is 181 Å². The van der Waals surface area contributed by atoms with Crippen molar-refractivity contribution < 1.29 is 14.2 Å². The molecule has 1 aromatic carbocycles. The molecule has 3 rings (SSSR count). The zero-order valence-corrected chi connectivity index (χ0v) is 18.8. The zero-order chi connectivity index (χ0) is 21.2. The van der Waals surface area contributed by atoms with Crippen LogP contribution in [0, 0.1) is 5.92 Å². The maximum Gasteiger partial charge on any atom is 0.191 e. The Morgan fingerprint density at radius 1 is 1.03 bits per heavy atom. The highest BCUT2D eigenvalue weighted by Gasteiger charge is 2.27. The van der Waals surface area contributed by atoms with Crippen molar-refractivity contribution in [2.75, 3.05) is 53.1 Å². The molecule has 0 spiro atoms. The monoisotopic (exact) mass is 418 g/mol. The average Bonchev–Trinajstić information content (AvgIpc) is 3.04. The number of fused-ring (bicyclic) bond motifs is 1. The van der Waals surface area contributed by atoms with E-state index < -0.39 is 0 Å². The van der Waals surface area contributed by atoms with Crippen molar-refractivity contribution in [3.63, 3.8) is 0 Å². The highest BCUT2D eigenvalue weighted by Crippen LogP contribution is 2.30. The van der Waals surface area contributed by atoms with Crippen LogP contribution >= 0.6 is 0 Å². The van der Waals surface area contributed by atoms with Crippen LogP contribution in [0.4, 0.5) is 0 Å². The summed E-state index contributed by atoms with van der Waals surface area (Å²) < 4.78 is 17.1. The first-order valence-electron chi connectivity index (χ1n) is 11.4. The molecular formula is C23H38N4O3. The molecular weight excluding hydrogens is 380 g/mol. The Balaban J connectivity index is 1.55. The van der Waals surface area contributed by atoms with Crippen LogP contribution in [0.3, 0.4) is 0 Å². The molecule has 2 N–H and O–H groups in total. The minimum Gasteiger partial charge on any atom is -0.490 e. The molecule has 2 aliphatic heterocycles. The third-order valence-electron chi connectivity index (χ3n) is 6.08. The maximum absolute atomic E-state index is 5.81. The molecule has 2 heterocycles. The summed E-state index contributed by atoms with van der Waals surface area (Å²) in [6.07, 6.45) is 3.28. The molecule has 1 fully saturated rings. The number of hydrogen-bond donors (Lipinski definition) is 2. The molecule has 168 valence electrons. The topological polar surface area (TPSA) is 67.4 Å². The van der Waals surface area contributed by atoms with Gasteiger partial charge in [0.25, 0.3) is 0 Å². The molecule has 0 bridgehead atoms. The predicted octanol–water partition coefficient (Wildman–Crippen LogP) is 2.65. The number of benzene rings is 1. The van der Waals surface area contributed by atoms with Gasteiger partial charge in [0, 0.05) is 45.7 Å². The van der Waals surface area contributed by atoms with E-state index in [1.807, 2.05) is 13.1 Å². The number of aliphatic imine (C=N–C) groups is 1. The molecule has 2 aliphatic rings. The number of guanidine groups is 1. The van der Waals surface area contributed by atoms with E-state index in [-0.39, 0.29) is 0 Å². The Kier molecular flexibility index (Phi) is 9.08. The molecule has 1 aromatic rings. The highest BCUT2D eigenvalue weighted by atomic mass is 16.5. The molecule has 7 nitrogen and oxygen atoms in total. The van der Waals surface area contributed by atoms with E-state index >= 15 is 0 Å². The van der Waals surface area contributed by atoms with Crippen LogP contribution in [0.5, 0.6) is 11.5 Å². The molecule has 1 unspecified atom stereocenters. The smallest absolute Gasteiger partial charge is 0.191 e. The van der Waals surface area contributed by atoms with Gasteiger partial charge in [-0.1, -0.05) is 32.8 Å². The Morgan fingerprint density at radius 3 is 2.47 bits per heavy atom. The third kappa shape index (κ3) is 6.25. The fourth-order valence-corrected chi connectivity index (χ4v) is 4.26. The first-order chi connectivity index (χ1) is 14.7. The molecule has 0 saturated carbocycles. The van der Waals surface area contributed by atoms with E-state index in [1.54, 1.807) is 0 Å². The Bertz CT molecular complexity index is 672. The molecule has 1 atom stereocenters. The summed E-state index contributed by atoms with van der Waals surface area (Å²) >= 11 is 0. The molecule has 0 aliphatic carbocycles. The summed E-state index contributed by atoms with van der Waals surface area (Å²) in [7, 11) is 1.82. The summed E-state index contributed by atoms with van der Waals surface area (Å²) in [4.78, 5) is 7.00. The third-order valence-corrected chi connectivity index (χ3v) is 6.08. The second kappa shape index (κ2) is 12.0. The first-order valence-corrected chi connectivity index (χ1v) is 11.4. The molecule has 0 aromatic heterocycles. The van der Waals surface area contributed by atoms with Gasteiger partial charge in [-0.25, -0.2) is 0 Å². The highest BCUT2D eigenvalue weighted by molar-refractivity contribution is 5.79. The van der Waals surface area contributed by atoms with Crippen LogP contribution in [0.25, 0.3) is 0 Å². The van der Waals surface area contributed by atoms with Crippen molar-refractivity contribution in [1.29, 1.82) is 0 Å². The van der Waals surface area contributed by atoms with Gasteiger partial charge in [0.1, 0.15) is 0 Å². The molecule has 0 amide bonds. The summed E-state index contributed by atoms with van der Waals surface area (Å²) in [6.45, 7) is 11.2. The van der Waals surface area contributed by atoms with E-state index in [9.17, 15) is 0 Å². The number of nitrogens with one attached hydrogen (secondary N) is 2. The van der Waals surface area contributed by atoms with Gasteiger partial charge >= 0.3 is 0 Å². The number of hydrogen-bond acceptors (Lipinski definition) is 5. The van der Waals surface area contributed by atoms with Crippen molar-refractivity contribution in [3.8, 4) is 11.5 Å². The van der Waals surface area contributed by atoms with Crippen molar-refractivity contribution in [1.82, 2.24) is 15.5 Å². The fourth-order valence-electron chi connectivity index (χ4n) is 4.26. The van der Waals surface area contributed by atoms with Gasteiger partial charge in [0.05, 0.1) is 26.4 Å². The second-order valence-corrected chi connectivity index (χ2v) is 7.93. The van der Waals surface area contributed by atoms with Gasteiger partial charge in [-0.2, -0.15) is 0 Å². The van der Waals surface area contributed by atoms with Crippen LogP contribution in [-0.2, 0) is 11.3 Å². The zero-order valence-electron chi connectivity index (χ0n) is 18.8. The number of nitrogens with zero attached hydrogens (tertiary/aromatic N) is 2. The standard InChI is InChI=1S/C23H38N4O3/c1-4-19(5-2)20(27-9-13-28-14-10-27)17-26-23(24-3)25-16-18-7-8-21-22(15-18)30-12-6-11-29-21/h7-8,15,19-20H,4-6,9-14,16-17H2,1-3H3,(H2,24,25,26). The second-order valence-electron chi connectivity index (χ2n) is 7.93. The van der Waals surface area contributed by atoms with Gasteiger partial charge in [-0.05, 0) is 23.6 Å². The van der Waals surface area contributed by atoms with Crippen LogP contribution in [0.1, 0.15) is 38.7 Å². The average molecular weight is 419 g/mol. The summed E-state index contributed by atoms with van der Waals surface area (Å²) in [5.74, 6) is 3.15. The fraction of sp³-hybridized carbons (Fsp3) is 0.696. The summed E-state index contributed by atoms with van der Waals surface area (Å²) in [6, 6.07) is 6.62. The molecule has 1 saturated heterocycles. The van der Waals surface area contributed by atoms with Gasteiger partial charge in [-0.15, -0.1) is 0 Å². The largest absolute Gasteiger partial charge is 0.490 e. The quantitative estimate of drug-likeness (QED) is 0.500. The summed E-state index contributed by atoms with van der Waals surface area (Å²) in [5, 5.41) is 7.00. The number of morpholine rings is 1. The summed E-state index contributed by atoms with van der Waals surface area (Å²) in [5.41, 5.74) is 1.15. The van der Waals surface area contributed by atoms with Crippen molar-refractivity contribution in [2.45, 2.75) is 45.7 Å². The first kappa shape index (κ1) is 22.7. The van der Waals surface area contributed by atoms with Crippen molar-refractivity contribution in [2.24, 2.45) is 10.9 Å². The lowest BCUT2D eigenvalue weighted by Gasteiger charge is -2.39. The number of ether oxygens (including phenoxy) is 3. The Hall–Kier alpha value is -1.99.